The summed E-state index contributed by atoms with van der Waals surface area (Å²) in [6.07, 6.45) is 0. The fraction of sp³-hybridized carbons (Fsp3) is 0.125. The van der Waals surface area contributed by atoms with Crippen LogP contribution >= 0.6 is 0 Å². The first-order valence-corrected chi connectivity index (χ1v) is 7.32. The first-order valence-electron chi connectivity index (χ1n) is 7.32. The lowest BCUT2D eigenvalue weighted by atomic mass is 9.98. The van der Waals surface area contributed by atoms with E-state index in [1.54, 1.807) is 0 Å². The summed E-state index contributed by atoms with van der Waals surface area (Å²) in [6.45, 7) is 0. The summed E-state index contributed by atoms with van der Waals surface area (Å²) in [6, 6.07) is 3.68. The molecule has 0 amide bonds. The molecule has 146 valence electrons. The average Bonchev–Trinajstić information content (AvgIpc) is 2.66. The smallest absolute Gasteiger partial charge is 0.341 e. The molecule has 0 aliphatic carbocycles. The Bertz CT molecular complexity index is 933. The zero-order valence-corrected chi connectivity index (χ0v) is 14.4. The molecule has 12 nitrogen and oxygen atoms in total. The van der Waals surface area contributed by atoms with Gasteiger partial charge >= 0.3 is 23.3 Å². The number of benzene rings is 2. The van der Waals surface area contributed by atoms with Crippen LogP contribution in [0.15, 0.2) is 24.3 Å². The zero-order chi connectivity index (χ0) is 21.2. The van der Waals surface area contributed by atoms with E-state index < -0.39 is 55.8 Å². The number of esters is 2. The number of nitro benzene ring substituents is 2. The van der Waals surface area contributed by atoms with Gasteiger partial charge in [-0.3, -0.25) is 20.2 Å². The second-order valence-electron chi connectivity index (χ2n) is 5.28. The molecule has 0 saturated carbocycles. The van der Waals surface area contributed by atoms with Crippen LogP contribution in [0.3, 0.4) is 0 Å². The Balaban J connectivity index is 2.87. The van der Waals surface area contributed by atoms with Gasteiger partial charge in [-0.1, -0.05) is 0 Å². The summed E-state index contributed by atoms with van der Waals surface area (Å²) in [5.41, 5.74) is -3.12. The highest BCUT2D eigenvalue weighted by Gasteiger charge is 2.28. The lowest BCUT2D eigenvalue weighted by Gasteiger charge is -2.10. The third kappa shape index (κ3) is 3.51. The quantitative estimate of drug-likeness (QED) is 0.435. The minimum atomic E-state index is -1.09. The van der Waals surface area contributed by atoms with E-state index in [2.05, 4.69) is 9.47 Å². The molecule has 0 bridgehead atoms. The second-order valence-corrected chi connectivity index (χ2v) is 5.28. The van der Waals surface area contributed by atoms with Crippen LogP contribution < -0.4 is 0 Å². The van der Waals surface area contributed by atoms with Crippen LogP contribution in [0.4, 0.5) is 11.4 Å². The Morgan fingerprint density at radius 1 is 0.786 bits per heavy atom. The summed E-state index contributed by atoms with van der Waals surface area (Å²) >= 11 is 0. The SMILES string of the molecule is COC(=O)c1cc(-c2cc(C(=O)OC)c(O)c([N+](=O)[O-])c2)cc([N+](=O)[O-])c1O. The number of ether oxygens (including phenoxy) is 2. The lowest BCUT2D eigenvalue weighted by molar-refractivity contribution is -0.386. The molecular formula is C16H12N2O10. The Morgan fingerprint density at radius 3 is 1.36 bits per heavy atom. The van der Waals surface area contributed by atoms with Crippen molar-refractivity contribution in [1.29, 1.82) is 0 Å². The molecule has 0 saturated heterocycles. The summed E-state index contributed by atoms with van der Waals surface area (Å²) in [5.74, 6) is -4.10. The molecule has 0 unspecified atom stereocenters. The molecule has 0 radical (unpaired) electrons. The molecule has 12 heteroatoms. The number of nitro groups is 2. The van der Waals surface area contributed by atoms with Crippen LogP contribution in [0.25, 0.3) is 11.1 Å². The molecule has 28 heavy (non-hydrogen) atoms. The minimum Gasteiger partial charge on any atom is -0.501 e. The van der Waals surface area contributed by atoms with Crippen LogP contribution in [0.1, 0.15) is 20.7 Å². The zero-order valence-electron chi connectivity index (χ0n) is 14.4. The lowest BCUT2D eigenvalue weighted by Crippen LogP contribution is -2.05. The van der Waals surface area contributed by atoms with Crippen molar-refractivity contribution in [3.05, 3.63) is 55.6 Å². The monoisotopic (exact) mass is 392 g/mol. The third-order valence-electron chi connectivity index (χ3n) is 3.72. The highest BCUT2D eigenvalue weighted by Crippen LogP contribution is 2.40. The number of methoxy groups -OCH3 is 2. The Labute approximate surface area is 155 Å². The van der Waals surface area contributed by atoms with Gasteiger partial charge in [-0.25, -0.2) is 9.59 Å². The predicted octanol–water partition coefficient (Wildman–Crippen LogP) is 2.15. The second kappa shape index (κ2) is 7.57. The number of rotatable bonds is 5. The largest absolute Gasteiger partial charge is 0.501 e. The summed E-state index contributed by atoms with van der Waals surface area (Å²) in [4.78, 5) is 44.1. The molecule has 0 fully saturated rings. The van der Waals surface area contributed by atoms with E-state index in [0.717, 1.165) is 38.5 Å². The fourth-order valence-electron chi connectivity index (χ4n) is 2.38. The minimum absolute atomic E-state index is 0.127. The van der Waals surface area contributed by atoms with Gasteiger partial charge in [0, 0.05) is 12.1 Å². The number of hydrogen-bond donors (Lipinski definition) is 2. The van der Waals surface area contributed by atoms with Crippen molar-refractivity contribution in [3.63, 3.8) is 0 Å². The molecule has 2 N–H and O–H groups in total. The Kier molecular flexibility index (Phi) is 5.43. The van der Waals surface area contributed by atoms with Crippen molar-refractivity contribution in [3.8, 4) is 22.6 Å². The molecule has 0 aliphatic rings. The normalized spacial score (nSPS) is 10.2. The summed E-state index contributed by atoms with van der Waals surface area (Å²) < 4.78 is 8.92. The number of carbonyl (C=O) groups excluding carboxylic acids is 2. The number of nitrogens with zero attached hydrogens (tertiary/aromatic N) is 2. The van der Waals surface area contributed by atoms with Gasteiger partial charge in [0.15, 0.2) is 0 Å². The van der Waals surface area contributed by atoms with Gasteiger partial charge in [0.05, 0.1) is 24.1 Å². The van der Waals surface area contributed by atoms with Crippen LogP contribution in [-0.2, 0) is 9.47 Å². The predicted molar refractivity (Wildman–Crippen MR) is 91.2 cm³/mol. The van der Waals surface area contributed by atoms with Crippen LogP contribution in [0.5, 0.6) is 11.5 Å². The molecule has 0 aliphatic heterocycles. The van der Waals surface area contributed by atoms with Crippen molar-refractivity contribution in [2.24, 2.45) is 0 Å². The maximum Gasteiger partial charge on any atom is 0.341 e. The van der Waals surface area contributed by atoms with Gasteiger partial charge in [0.25, 0.3) is 0 Å². The van der Waals surface area contributed by atoms with Crippen molar-refractivity contribution < 1.29 is 39.1 Å². The fourth-order valence-corrected chi connectivity index (χ4v) is 2.38. The third-order valence-corrected chi connectivity index (χ3v) is 3.72. The highest BCUT2D eigenvalue weighted by molar-refractivity contribution is 5.98. The number of hydrogen-bond acceptors (Lipinski definition) is 10. The standard InChI is InChI=1S/C16H12N2O10/c1-27-15(21)9-3-7(5-11(13(9)19)17(23)24)8-4-10(16(22)28-2)14(20)12(6-8)18(25)26/h3-6,19-20H,1-2H3. The van der Waals surface area contributed by atoms with Crippen LogP contribution in [-0.4, -0.2) is 46.2 Å². The molecule has 0 atom stereocenters. The maximum absolute atomic E-state index is 11.8. The number of phenols is 2. The maximum atomic E-state index is 11.8. The van der Waals surface area contributed by atoms with E-state index in [0.29, 0.717) is 0 Å². The van der Waals surface area contributed by atoms with E-state index in [9.17, 15) is 40.0 Å². The number of carbonyl (C=O) groups is 2. The van der Waals surface area contributed by atoms with Gasteiger partial charge in [0.1, 0.15) is 11.1 Å². The van der Waals surface area contributed by atoms with Gasteiger partial charge < -0.3 is 19.7 Å². The highest BCUT2D eigenvalue weighted by atomic mass is 16.6. The summed E-state index contributed by atoms with van der Waals surface area (Å²) in [7, 11) is 1.97. The van der Waals surface area contributed by atoms with Gasteiger partial charge in [-0.15, -0.1) is 0 Å². The van der Waals surface area contributed by atoms with Gasteiger partial charge in [-0.2, -0.15) is 0 Å². The van der Waals surface area contributed by atoms with Crippen molar-refractivity contribution in [1.82, 2.24) is 0 Å². The van der Waals surface area contributed by atoms with Crippen molar-refractivity contribution in [2.75, 3.05) is 14.2 Å². The molecular weight excluding hydrogens is 380 g/mol. The Hall–Kier alpha value is -4.22. The first kappa shape index (κ1) is 20.1. The van der Waals surface area contributed by atoms with E-state index in [4.69, 9.17) is 0 Å². The molecule has 0 spiro atoms. The molecule has 2 rings (SSSR count). The first-order chi connectivity index (χ1) is 13.1. The topological polar surface area (TPSA) is 179 Å². The number of phenolic OH excluding ortho intramolecular Hbond substituents is 2. The van der Waals surface area contributed by atoms with Crippen molar-refractivity contribution in [2.45, 2.75) is 0 Å². The Morgan fingerprint density at radius 2 is 1.11 bits per heavy atom. The molecule has 2 aromatic carbocycles. The number of aromatic hydroxyl groups is 2. The van der Waals surface area contributed by atoms with E-state index in [-0.39, 0.29) is 11.1 Å². The van der Waals surface area contributed by atoms with E-state index >= 15 is 0 Å². The van der Waals surface area contributed by atoms with E-state index in [1.807, 2.05) is 0 Å². The van der Waals surface area contributed by atoms with Crippen LogP contribution in [0, 0.1) is 20.2 Å². The molecule has 0 aromatic heterocycles. The van der Waals surface area contributed by atoms with Crippen molar-refractivity contribution >= 4 is 23.3 Å². The molecule has 0 heterocycles. The van der Waals surface area contributed by atoms with Gasteiger partial charge in [0.2, 0.25) is 11.5 Å². The van der Waals surface area contributed by atoms with Gasteiger partial charge in [-0.05, 0) is 23.3 Å². The van der Waals surface area contributed by atoms with Crippen LogP contribution in [0.2, 0.25) is 0 Å². The average molecular weight is 392 g/mol. The van der Waals surface area contributed by atoms with E-state index in [1.165, 1.54) is 0 Å². The molecule has 2 aromatic rings. The summed E-state index contributed by atoms with van der Waals surface area (Å²) in [5, 5.41) is 42.3.